The second-order valence-corrected chi connectivity index (χ2v) is 5.58. The van der Waals surface area contributed by atoms with Crippen LogP contribution in [0.2, 0.25) is 0 Å². The Morgan fingerprint density at radius 2 is 2.10 bits per heavy atom. The number of likely N-dealkylation sites (tertiary alicyclic amines) is 1. The minimum Gasteiger partial charge on any atom is -0.369 e. The summed E-state index contributed by atoms with van der Waals surface area (Å²) in [7, 11) is 0. The van der Waals surface area contributed by atoms with Crippen LogP contribution in [0, 0.1) is 5.92 Å². The summed E-state index contributed by atoms with van der Waals surface area (Å²) in [6.07, 6.45) is 5.90. The van der Waals surface area contributed by atoms with Crippen LogP contribution in [0.4, 0.5) is 5.82 Å². The van der Waals surface area contributed by atoms with Gasteiger partial charge in [-0.25, -0.2) is 4.98 Å². The van der Waals surface area contributed by atoms with Crippen molar-refractivity contribution in [1.29, 1.82) is 0 Å². The first kappa shape index (κ1) is 15.7. The maximum absolute atomic E-state index is 10.9. The van der Waals surface area contributed by atoms with Crippen molar-refractivity contribution in [1.82, 2.24) is 20.2 Å². The van der Waals surface area contributed by atoms with E-state index < -0.39 is 0 Å². The number of hydrogen-bond acceptors (Lipinski definition) is 5. The van der Waals surface area contributed by atoms with E-state index in [0.29, 0.717) is 5.92 Å². The van der Waals surface area contributed by atoms with Crippen LogP contribution in [0.3, 0.4) is 0 Å². The van der Waals surface area contributed by atoms with Crippen LogP contribution < -0.4 is 10.6 Å². The molecule has 0 bridgehead atoms. The first-order chi connectivity index (χ1) is 10.2. The molecule has 0 aliphatic carbocycles. The second kappa shape index (κ2) is 7.93. The van der Waals surface area contributed by atoms with Crippen LogP contribution >= 0.6 is 0 Å². The number of nitrogens with one attached hydrogen (secondary N) is 2. The van der Waals surface area contributed by atoms with E-state index in [1.807, 2.05) is 13.1 Å². The first-order valence-corrected chi connectivity index (χ1v) is 7.69. The maximum Gasteiger partial charge on any atom is 0.216 e. The van der Waals surface area contributed by atoms with E-state index in [1.165, 1.54) is 0 Å². The lowest BCUT2D eigenvalue weighted by molar-refractivity contribution is -0.119. The van der Waals surface area contributed by atoms with Crippen LogP contribution in [0.1, 0.15) is 32.4 Å². The molecule has 0 aromatic carbocycles. The average molecular weight is 291 g/mol. The minimum atomic E-state index is 0.0634. The molecule has 2 heterocycles. The zero-order chi connectivity index (χ0) is 15.1. The molecule has 116 valence electrons. The third kappa shape index (κ3) is 5.30. The molecule has 1 aromatic heterocycles. The molecule has 1 fully saturated rings. The van der Waals surface area contributed by atoms with Crippen LogP contribution in [-0.2, 0) is 11.3 Å². The first-order valence-electron chi connectivity index (χ1n) is 7.69. The fourth-order valence-electron chi connectivity index (χ4n) is 2.57. The molecule has 1 aromatic rings. The third-order valence-electron chi connectivity index (χ3n) is 3.80. The van der Waals surface area contributed by atoms with Gasteiger partial charge in [0.05, 0.1) is 18.1 Å². The number of carbonyl (C=O) groups is 1. The number of piperidine rings is 1. The molecule has 2 N–H and O–H groups in total. The summed E-state index contributed by atoms with van der Waals surface area (Å²) in [5, 5.41) is 6.06. The highest BCUT2D eigenvalue weighted by Crippen LogP contribution is 2.17. The van der Waals surface area contributed by atoms with Crippen molar-refractivity contribution in [3.05, 3.63) is 18.1 Å². The molecule has 1 saturated heterocycles. The highest BCUT2D eigenvalue weighted by Gasteiger charge is 2.19. The lowest BCUT2D eigenvalue weighted by atomic mass is 9.96. The monoisotopic (exact) mass is 291 g/mol. The van der Waals surface area contributed by atoms with E-state index >= 15 is 0 Å². The Bertz CT molecular complexity index is 440. The van der Waals surface area contributed by atoms with Crippen LogP contribution in [0.15, 0.2) is 12.4 Å². The molecule has 1 aliphatic heterocycles. The maximum atomic E-state index is 10.9. The number of nitrogens with zero attached hydrogens (tertiary/aromatic N) is 3. The largest absolute Gasteiger partial charge is 0.369 e. The minimum absolute atomic E-state index is 0.0634. The molecule has 0 spiro atoms. The highest BCUT2D eigenvalue weighted by atomic mass is 16.1. The van der Waals surface area contributed by atoms with Gasteiger partial charge in [0.25, 0.3) is 0 Å². The highest BCUT2D eigenvalue weighted by molar-refractivity contribution is 5.72. The SMILES string of the molecule is CCNc1cnc(CN2CCC(CNC(C)=O)CC2)cn1. The molecule has 21 heavy (non-hydrogen) atoms. The Labute approximate surface area is 126 Å². The number of rotatable bonds is 6. The van der Waals surface area contributed by atoms with Crippen molar-refractivity contribution < 1.29 is 4.79 Å². The molecule has 1 aliphatic rings. The molecule has 1 amide bonds. The average Bonchev–Trinajstić information content (AvgIpc) is 2.49. The van der Waals surface area contributed by atoms with E-state index in [9.17, 15) is 4.79 Å². The Kier molecular flexibility index (Phi) is 5.92. The van der Waals surface area contributed by atoms with Gasteiger partial charge in [-0.05, 0) is 38.8 Å². The normalized spacial score (nSPS) is 16.7. The molecular formula is C15H25N5O. The summed E-state index contributed by atoms with van der Waals surface area (Å²) >= 11 is 0. The van der Waals surface area contributed by atoms with Gasteiger partial charge < -0.3 is 10.6 Å². The van der Waals surface area contributed by atoms with Gasteiger partial charge in [-0.3, -0.25) is 14.7 Å². The fraction of sp³-hybridized carbons (Fsp3) is 0.667. The summed E-state index contributed by atoms with van der Waals surface area (Å²) in [6.45, 7) is 8.25. The summed E-state index contributed by atoms with van der Waals surface area (Å²) in [4.78, 5) is 22.1. The molecule has 0 unspecified atom stereocenters. The summed E-state index contributed by atoms with van der Waals surface area (Å²) < 4.78 is 0. The van der Waals surface area contributed by atoms with Crippen molar-refractivity contribution in [2.75, 3.05) is 31.5 Å². The van der Waals surface area contributed by atoms with Crippen LogP contribution in [-0.4, -0.2) is 47.0 Å². The Morgan fingerprint density at radius 1 is 1.33 bits per heavy atom. The molecule has 0 saturated carbocycles. The van der Waals surface area contributed by atoms with Gasteiger partial charge in [-0.15, -0.1) is 0 Å². The van der Waals surface area contributed by atoms with E-state index in [0.717, 1.165) is 57.1 Å². The van der Waals surface area contributed by atoms with E-state index in [4.69, 9.17) is 0 Å². The number of hydrogen-bond donors (Lipinski definition) is 2. The summed E-state index contributed by atoms with van der Waals surface area (Å²) in [5.41, 5.74) is 1.01. The van der Waals surface area contributed by atoms with Gasteiger partial charge in [0, 0.05) is 26.6 Å². The van der Waals surface area contributed by atoms with Gasteiger partial charge in [-0.2, -0.15) is 0 Å². The van der Waals surface area contributed by atoms with E-state index in [2.05, 4.69) is 25.5 Å². The summed E-state index contributed by atoms with van der Waals surface area (Å²) in [5.74, 6) is 1.50. The van der Waals surface area contributed by atoms with E-state index in [1.54, 1.807) is 13.1 Å². The predicted octanol–water partition coefficient (Wildman–Crippen LogP) is 1.26. The van der Waals surface area contributed by atoms with E-state index in [-0.39, 0.29) is 5.91 Å². The Morgan fingerprint density at radius 3 is 2.67 bits per heavy atom. The molecular weight excluding hydrogens is 266 g/mol. The number of carbonyl (C=O) groups excluding carboxylic acids is 1. The topological polar surface area (TPSA) is 70.2 Å². The molecule has 2 rings (SSSR count). The van der Waals surface area contributed by atoms with Crippen LogP contribution in [0.25, 0.3) is 0 Å². The lowest BCUT2D eigenvalue weighted by Gasteiger charge is -2.31. The van der Waals surface area contributed by atoms with Gasteiger partial charge >= 0.3 is 0 Å². The van der Waals surface area contributed by atoms with Gasteiger partial charge in [0.15, 0.2) is 0 Å². The third-order valence-corrected chi connectivity index (χ3v) is 3.80. The van der Waals surface area contributed by atoms with Gasteiger partial charge in [0.2, 0.25) is 5.91 Å². The van der Waals surface area contributed by atoms with Crippen molar-refractivity contribution in [2.24, 2.45) is 5.92 Å². The van der Waals surface area contributed by atoms with Crippen molar-refractivity contribution in [3.8, 4) is 0 Å². The summed E-state index contributed by atoms with van der Waals surface area (Å²) in [6, 6.07) is 0. The molecule has 0 radical (unpaired) electrons. The smallest absolute Gasteiger partial charge is 0.216 e. The zero-order valence-electron chi connectivity index (χ0n) is 12.9. The Balaban J connectivity index is 1.74. The fourth-order valence-corrected chi connectivity index (χ4v) is 2.57. The molecule has 0 atom stereocenters. The van der Waals surface area contributed by atoms with Crippen molar-refractivity contribution in [2.45, 2.75) is 33.2 Å². The number of aromatic nitrogens is 2. The van der Waals surface area contributed by atoms with Gasteiger partial charge in [-0.1, -0.05) is 0 Å². The molecule has 6 heteroatoms. The molecule has 6 nitrogen and oxygen atoms in total. The quantitative estimate of drug-likeness (QED) is 0.825. The van der Waals surface area contributed by atoms with Crippen LogP contribution in [0.5, 0.6) is 0 Å². The predicted molar refractivity (Wildman–Crippen MR) is 82.9 cm³/mol. The number of anilines is 1. The Hall–Kier alpha value is -1.69. The van der Waals surface area contributed by atoms with Crippen molar-refractivity contribution >= 4 is 11.7 Å². The lowest BCUT2D eigenvalue weighted by Crippen LogP contribution is -2.38. The second-order valence-electron chi connectivity index (χ2n) is 5.58. The number of amides is 1. The zero-order valence-corrected chi connectivity index (χ0v) is 12.9. The standard InChI is InChI=1S/C15H25N5O/c1-3-16-15-10-18-14(9-19-15)11-20-6-4-13(5-7-20)8-17-12(2)21/h9-10,13H,3-8,11H2,1-2H3,(H,16,19)(H,17,21). The van der Waals surface area contributed by atoms with Crippen molar-refractivity contribution in [3.63, 3.8) is 0 Å². The van der Waals surface area contributed by atoms with Gasteiger partial charge in [0.1, 0.15) is 5.82 Å².